The molecule has 2 amide bonds. The van der Waals surface area contributed by atoms with Crippen molar-refractivity contribution in [1.82, 2.24) is 10.6 Å². The summed E-state index contributed by atoms with van der Waals surface area (Å²) < 4.78 is 0. The first-order valence-corrected chi connectivity index (χ1v) is 7.39. The first-order valence-electron chi connectivity index (χ1n) is 7.39. The molecule has 1 atom stereocenters. The van der Waals surface area contributed by atoms with Crippen molar-refractivity contribution in [3.05, 3.63) is 41.4 Å². The molecule has 0 aliphatic rings. The quantitative estimate of drug-likeness (QED) is 0.255. The Morgan fingerprint density at radius 1 is 1.36 bits per heavy atom. The number of hydrogen-bond donors (Lipinski definition) is 4. The van der Waals surface area contributed by atoms with E-state index in [1.807, 2.05) is 0 Å². The molecule has 9 nitrogen and oxygen atoms in total. The first kappa shape index (κ1) is 19.6. The number of aliphatic carboxylic acids is 1. The highest BCUT2D eigenvalue weighted by atomic mass is 16.4. The van der Waals surface area contributed by atoms with Crippen LogP contribution in [0.4, 0.5) is 5.69 Å². The number of nitrogens with zero attached hydrogens (tertiary/aromatic N) is 2. The minimum absolute atomic E-state index is 0.196. The smallest absolute Gasteiger partial charge is 0.305 e. The van der Waals surface area contributed by atoms with Crippen LogP contribution >= 0.6 is 0 Å². The predicted octanol–water partition coefficient (Wildman–Crippen LogP) is 1.06. The Kier molecular flexibility index (Phi) is 7.59. The first-order chi connectivity index (χ1) is 11.8. The van der Waals surface area contributed by atoms with Gasteiger partial charge in [-0.1, -0.05) is 6.07 Å². The Morgan fingerprint density at radius 2 is 2.08 bits per heavy atom. The number of anilines is 1. The molecule has 132 valence electrons. The lowest BCUT2D eigenvalue weighted by Crippen LogP contribution is -2.41. The number of carboxylic acids is 1. The second-order valence-electron chi connectivity index (χ2n) is 5.24. The van der Waals surface area contributed by atoms with Crippen molar-refractivity contribution in [3.8, 4) is 0 Å². The van der Waals surface area contributed by atoms with Crippen molar-refractivity contribution in [3.63, 3.8) is 0 Å². The topological polar surface area (TPSA) is 124 Å². The Balaban J connectivity index is 2.57. The van der Waals surface area contributed by atoms with Crippen molar-refractivity contribution in [1.29, 1.82) is 0 Å². The monoisotopic (exact) mass is 345 g/mol. The van der Waals surface area contributed by atoms with Crippen molar-refractivity contribution in [2.24, 2.45) is 5.10 Å². The van der Waals surface area contributed by atoms with E-state index in [4.69, 9.17) is 11.7 Å². The molecule has 0 heterocycles. The number of hydrogen-bond acceptors (Lipinski definition) is 4. The maximum absolute atomic E-state index is 12.1. The summed E-state index contributed by atoms with van der Waals surface area (Å²) in [6.45, 7) is 9.57. The molecular formula is C16H19N5O4. The average Bonchev–Trinajstić information content (AvgIpc) is 2.52. The summed E-state index contributed by atoms with van der Waals surface area (Å²) in [4.78, 5) is 37.2. The van der Waals surface area contributed by atoms with Gasteiger partial charge < -0.3 is 21.1 Å². The van der Waals surface area contributed by atoms with Crippen molar-refractivity contribution >= 4 is 29.3 Å². The third kappa shape index (κ3) is 7.60. The maximum Gasteiger partial charge on any atom is 0.305 e. The number of carbonyl (C=O) groups excluding carboxylic acids is 2. The third-order valence-corrected chi connectivity index (χ3v) is 2.95. The van der Waals surface area contributed by atoms with E-state index in [2.05, 4.69) is 26.0 Å². The minimum Gasteiger partial charge on any atom is -0.481 e. The number of amidine groups is 1. The second-order valence-corrected chi connectivity index (χ2v) is 5.24. The minimum atomic E-state index is -1.02. The molecule has 4 N–H and O–H groups in total. The fourth-order valence-corrected chi connectivity index (χ4v) is 1.95. The summed E-state index contributed by atoms with van der Waals surface area (Å²) in [6, 6.07) is 5.96. The van der Waals surface area contributed by atoms with E-state index < -0.39 is 23.8 Å². The van der Waals surface area contributed by atoms with Crippen LogP contribution in [0.2, 0.25) is 0 Å². The normalized spacial score (nSPS) is 11.8. The van der Waals surface area contributed by atoms with Gasteiger partial charge in [0.2, 0.25) is 5.91 Å². The van der Waals surface area contributed by atoms with E-state index in [-0.39, 0.29) is 13.0 Å². The predicted molar refractivity (Wildman–Crippen MR) is 92.0 cm³/mol. The summed E-state index contributed by atoms with van der Waals surface area (Å²) in [5, 5.41) is 19.9. The largest absolute Gasteiger partial charge is 0.481 e. The highest BCUT2D eigenvalue weighted by Crippen LogP contribution is 2.10. The van der Waals surface area contributed by atoms with Gasteiger partial charge in [0.25, 0.3) is 5.91 Å². The van der Waals surface area contributed by atoms with Gasteiger partial charge >= 0.3 is 5.97 Å². The number of carbonyl (C=O) groups is 3. The van der Waals surface area contributed by atoms with Crippen molar-refractivity contribution < 1.29 is 19.5 Å². The molecule has 0 radical (unpaired) electrons. The maximum atomic E-state index is 12.1. The van der Waals surface area contributed by atoms with Gasteiger partial charge in [0.15, 0.2) is 5.84 Å². The zero-order valence-corrected chi connectivity index (χ0v) is 13.9. The molecule has 0 aliphatic heterocycles. The molecule has 9 heteroatoms. The molecule has 0 bridgehead atoms. The van der Waals surface area contributed by atoms with Gasteiger partial charge in [-0.2, -0.15) is 6.57 Å². The van der Waals surface area contributed by atoms with Gasteiger partial charge in [-0.15, -0.1) is 4.95 Å². The Hall–Kier alpha value is -3.41. The zero-order chi connectivity index (χ0) is 18.8. The fraction of sp³-hybridized carbons (Fsp3) is 0.312. The standard InChI is InChI=1S/C16H19N5O4/c1-10(7-15(23)24)19-14(22)9-18-16(25)12-5-4-6-13(8-12)20-11(2)21-17-3/h4-6,8,10H,7,9H2,1-2H3,(H,18,25)(H,19,22)(H,20,21)(H,23,24). The third-order valence-electron chi connectivity index (χ3n) is 2.95. The van der Waals surface area contributed by atoms with Gasteiger partial charge in [0.05, 0.1) is 13.0 Å². The number of benzene rings is 1. The molecule has 1 unspecified atom stereocenters. The molecule has 1 rings (SSSR count). The van der Waals surface area contributed by atoms with Gasteiger partial charge in [-0.3, -0.25) is 14.4 Å². The van der Waals surface area contributed by atoms with Crippen LogP contribution < -0.4 is 16.0 Å². The SMILES string of the molecule is [C-]#[N+]/N=C(/C)Nc1cccc(C(=O)NCC(=O)NC(C)CC(=O)O)c1. The van der Waals surface area contributed by atoms with Crippen molar-refractivity contribution in [2.75, 3.05) is 11.9 Å². The van der Waals surface area contributed by atoms with Crippen molar-refractivity contribution in [2.45, 2.75) is 26.3 Å². The van der Waals surface area contributed by atoms with Crippen LogP contribution in [0.3, 0.4) is 0 Å². The molecule has 0 aromatic heterocycles. The van der Waals surface area contributed by atoms with Crippen LogP contribution in [-0.2, 0) is 9.59 Å². The Bertz CT molecular complexity index is 723. The van der Waals surface area contributed by atoms with E-state index in [1.54, 1.807) is 38.1 Å². The number of amides is 2. The molecule has 0 spiro atoms. The lowest BCUT2D eigenvalue weighted by atomic mass is 10.2. The molecule has 0 fully saturated rings. The summed E-state index contributed by atoms with van der Waals surface area (Å²) in [5.41, 5.74) is 0.907. The number of nitrogens with one attached hydrogen (secondary N) is 3. The highest BCUT2D eigenvalue weighted by molar-refractivity contribution is 5.99. The summed E-state index contributed by atoms with van der Waals surface area (Å²) in [6.07, 6.45) is -0.196. The van der Waals surface area contributed by atoms with Gasteiger partial charge in [0, 0.05) is 24.2 Å². The molecular weight excluding hydrogens is 326 g/mol. The summed E-state index contributed by atoms with van der Waals surface area (Å²) >= 11 is 0. The summed E-state index contributed by atoms with van der Waals surface area (Å²) in [5.74, 6) is -1.56. The Morgan fingerprint density at radius 3 is 2.72 bits per heavy atom. The molecule has 1 aromatic rings. The Labute approximate surface area is 144 Å². The fourth-order valence-electron chi connectivity index (χ4n) is 1.95. The lowest BCUT2D eigenvalue weighted by molar-refractivity contribution is -0.137. The van der Waals surface area contributed by atoms with Crippen LogP contribution in [0.5, 0.6) is 0 Å². The van der Waals surface area contributed by atoms with Crippen LogP contribution in [0, 0.1) is 6.57 Å². The molecule has 0 saturated carbocycles. The van der Waals surface area contributed by atoms with E-state index in [0.717, 1.165) is 0 Å². The molecule has 0 aliphatic carbocycles. The summed E-state index contributed by atoms with van der Waals surface area (Å²) in [7, 11) is 0. The van der Waals surface area contributed by atoms with Crippen LogP contribution in [0.15, 0.2) is 29.4 Å². The zero-order valence-electron chi connectivity index (χ0n) is 13.9. The van der Waals surface area contributed by atoms with Gasteiger partial charge in [-0.05, 0) is 25.1 Å². The second kappa shape index (κ2) is 9.67. The molecule has 25 heavy (non-hydrogen) atoms. The van der Waals surface area contributed by atoms with Crippen LogP contribution in [-0.4, -0.2) is 41.3 Å². The van der Waals surface area contributed by atoms with Gasteiger partial charge in [-0.25, -0.2) is 0 Å². The average molecular weight is 345 g/mol. The van der Waals surface area contributed by atoms with Crippen LogP contribution in [0.1, 0.15) is 30.6 Å². The number of rotatable bonds is 7. The van der Waals surface area contributed by atoms with E-state index in [1.165, 1.54) is 0 Å². The lowest BCUT2D eigenvalue weighted by Gasteiger charge is -2.12. The highest BCUT2D eigenvalue weighted by Gasteiger charge is 2.13. The van der Waals surface area contributed by atoms with Crippen LogP contribution in [0.25, 0.3) is 4.95 Å². The van der Waals surface area contributed by atoms with E-state index >= 15 is 0 Å². The van der Waals surface area contributed by atoms with Gasteiger partial charge in [0.1, 0.15) is 5.10 Å². The molecule has 0 saturated heterocycles. The van der Waals surface area contributed by atoms with E-state index in [9.17, 15) is 14.4 Å². The molecule has 1 aromatic carbocycles. The number of carboxylic acid groups (broad SMARTS) is 1. The van der Waals surface area contributed by atoms with E-state index in [0.29, 0.717) is 17.1 Å².